The molecule has 1 saturated heterocycles. The minimum atomic E-state index is -1.09. The summed E-state index contributed by atoms with van der Waals surface area (Å²) in [5, 5.41) is 10.9. The number of ether oxygens (including phenoxy) is 1. The van der Waals surface area contributed by atoms with Crippen molar-refractivity contribution >= 4 is 29.3 Å². The number of carbonyl (C=O) groups excluding carboxylic acids is 4. The Morgan fingerprint density at radius 2 is 1.77 bits per heavy atom. The first-order valence-corrected chi connectivity index (χ1v) is 10.5. The second-order valence-electron chi connectivity index (χ2n) is 8.96. The van der Waals surface area contributed by atoms with Crippen molar-refractivity contribution in [1.82, 2.24) is 4.90 Å². The minimum absolute atomic E-state index is 0.0440. The van der Waals surface area contributed by atoms with Gasteiger partial charge in [-0.2, -0.15) is 0 Å². The van der Waals surface area contributed by atoms with Gasteiger partial charge >= 0.3 is 5.97 Å². The van der Waals surface area contributed by atoms with Crippen LogP contribution in [0.3, 0.4) is 0 Å². The Balaban J connectivity index is 1.47. The summed E-state index contributed by atoms with van der Waals surface area (Å²) in [6.45, 7) is 2.81. The minimum Gasteiger partial charge on any atom is -0.456 e. The van der Waals surface area contributed by atoms with Gasteiger partial charge in [-0.3, -0.25) is 29.4 Å². The van der Waals surface area contributed by atoms with E-state index in [0.29, 0.717) is 0 Å². The second kappa shape index (κ2) is 7.86. The zero-order valence-corrected chi connectivity index (χ0v) is 17.4. The SMILES string of the molecule is CC(C)[C@@H](C(=O)OCC(=O)c1cccc([N+](=O)[O-])c1)N1C(=O)[C@@H]2[C@@H]3CC[C@@H](C3)[C@@H]2C1=O. The molecule has 3 aliphatic rings. The fourth-order valence-electron chi connectivity index (χ4n) is 5.48. The van der Waals surface area contributed by atoms with Gasteiger partial charge in [-0.05, 0) is 37.0 Å². The number of non-ortho nitro benzene ring substituents is 1. The third kappa shape index (κ3) is 3.51. The molecule has 1 aromatic rings. The van der Waals surface area contributed by atoms with E-state index in [2.05, 4.69) is 0 Å². The maximum Gasteiger partial charge on any atom is 0.330 e. The van der Waals surface area contributed by atoms with Crippen molar-refractivity contribution in [3.8, 4) is 0 Å². The van der Waals surface area contributed by atoms with E-state index in [9.17, 15) is 29.3 Å². The van der Waals surface area contributed by atoms with Gasteiger partial charge in [0.1, 0.15) is 6.04 Å². The summed E-state index contributed by atoms with van der Waals surface area (Å²) in [5.74, 6) is -2.68. The largest absolute Gasteiger partial charge is 0.456 e. The summed E-state index contributed by atoms with van der Waals surface area (Å²) >= 11 is 0. The molecule has 2 amide bonds. The lowest BCUT2D eigenvalue weighted by Gasteiger charge is -2.28. The van der Waals surface area contributed by atoms with Crippen molar-refractivity contribution in [1.29, 1.82) is 0 Å². The van der Waals surface area contributed by atoms with Crippen LogP contribution in [0.4, 0.5) is 5.69 Å². The molecule has 0 radical (unpaired) electrons. The van der Waals surface area contributed by atoms with Gasteiger partial charge in [-0.15, -0.1) is 0 Å². The van der Waals surface area contributed by atoms with Crippen molar-refractivity contribution in [2.75, 3.05) is 6.61 Å². The van der Waals surface area contributed by atoms with E-state index in [1.54, 1.807) is 13.8 Å². The Bertz CT molecular complexity index is 944. The molecule has 2 saturated carbocycles. The first-order chi connectivity index (χ1) is 14.7. The van der Waals surface area contributed by atoms with Crippen LogP contribution in [0.15, 0.2) is 24.3 Å². The molecule has 5 atom stereocenters. The molecule has 1 aromatic carbocycles. The molecule has 1 aliphatic heterocycles. The highest BCUT2D eigenvalue weighted by atomic mass is 16.6. The maximum absolute atomic E-state index is 13.1. The molecule has 3 fully saturated rings. The Hall–Kier alpha value is -3.10. The monoisotopic (exact) mass is 428 g/mol. The number of hydrogen-bond acceptors (Lipinski definition) is 7. The fourth-order valence-corrected chi connectivity index (χ4v) is 5.48. The zero-order valence-electron chi connectivity index (χ0n) is 17.4. The first-order valence-electron chi connectivity index (χ1n) is 10.5. The predicted octanol–water partition coefficient (Wildman–Crippen LogP) is 2.38. The van der Waals surface area contributed by atoms with E-state index in [4.69, 9.17) is 4.74 Å². The number of nitro groups is 1. The van der Waals surface area contributed by atoms with Gasteiger partial charge in [0.15, 0.2) is 6.61 Å². The molecule has 0 aromatic heterocycles. The molecule has 0 spiro atoms. The maximum atomic E-state index is 13.1. The standard InChI is InChI=1S/C22H24N2O7/c1-11(2)19(23-20(26)17-13-6-7-14(8-13)18(17)21(23)27)22(28)31-10-16(25)12-4-3-5-15(9-12)24(29)30/h3-5,9,11,13-14,17-19H,6-8,10H2,1-2H3/t13-,14+,17-,18+,19-/m0/s1. The van der Waals surface area contributed by atoms with E-state index in [0.717, 1.165) is 30.2 Å². The first kappa shape index (κ1) is 21.1. The van der Waals surface area contributed by atoms with Crippen molar-refractivity contribution in [2.45, 2.75) is 39.2 Å². The Kier molecular flexibility index (Phi) is 5.36. The van der Waals surface area contributed by atoms with Crippen LogP contribution in [0.2, 0.25) is 0 Å². The van der Waals surface area contributed by atoms with Gasteiger partial charge in [0.05, 0.1) is 16.8 Å². The summed E-state index contributed by atoms with van der Waals surface area (Å²) in [7, 11) is 0. The number of likely N-dealkylation sites (tertiary alicyclic amines) is 1. The highest BCUT2D eigenvalue weighted by Gasteiger charge is 2.62. The van der Waals surface area contributed by atoms with E-state index in [1.807, 2.05) is 0 Å². The molecule has 164 valence electrons. The summed E-state index contributed by atoms with van der Waals surface area (Å²) < 4.78 is 5.18. The molecule has 2 aliphatic carbocycles. The number of Topliss-reactive ketones (excluding diaryl/α,β-unsaturated/α-hetero) is 1. The molecule has 1 heterocycles. The van der Waals surface area contributed by atoms with Gasteiger partial charge < -0.3 is 4.74 Å². The molecule has 31 heavy (non-hydrogen) atoms. The topological polar surface area (TPSA) is 124 Å². The van der Waals surface area contributed by atoms with E-state index >= 15 is 0 Å². The molecular formula is C22H24N2O7. The van der Waals surface area contributed by atoms with E-state index < -0.39 is 29.3 Å². The highest BCUT2D eigenvalue weighted by molar-refractivity contribution is 6.09. The van der Waals surface area contributed by atoms with Crippen LogP contribution in [-0.2, 0) is 19.1 Å². The summed E-state index contributed by atoms with van der Waals surface area (Å²) in [6.07, 6.45) is 2.77. The number of benzene rings is 1. The van der Waals surface area contributed by atoms with Gasteiger partial charge in [-0.1, -0.05) is 26.0 Å². The molecule has 4 rings (SSSR count). The van der Waals surface area contributed by atoms with Crippen LogP contribution < -0.4 is 0 Å². The van der Waals surface area contributed by atoms with Crippen LogP contribution in [-0.4, -0.2) is 46.0 Å². The number of esters is 1. The van der Waals surface area contributed by atoms with E-state index in [-0.39, 0.29) is 52.7 Å². The molecular weight excluding hydrogens is 404 g/mol. The van der Waals surface area contributed by atoms with Crippen LogP contribution >= 0.6 is 0 Å². The molecule has 2 bridgehead atoms. The average molecular weight is 428 g/mol. The number of rotatable bonds is 7. The number of fused-ring (bicyclic) bond motifs is 5. The summed E-state index contributed by atoms with van der Waals surface area (Å²) in [6, 6.07) is 4.04. The molecule has 9 nitrogen and oxygen atoms in total. The molecule has 9 heteroatoms. The third-order valence-electron chi connectivity index (χ3n) is 6.84. The van der Waals surface area contributed by atoms with Gasteiger partial charge in [-0.25, -0.2) is 4.79 Å². The van der Waals surface area contributed by atoms with Gasteiger partial charge in [0.25, 0.3) is 5.69 Å². The Labute approximate surface area is 178 Å². The van der Waals surface area contributed by atoms with Gasteiger partial charge in [0, 0.05) is 17.7 Å². The number of amides is 2. The average Bonchev–Trinajstić information content (AvgIpc) is 3.42. The summed E-state index contributed by atoms with van der Waals surface area (Å²) in [5.41, 5.74) is -0.200. The van der Waals surface area contributed by atoms with Crippen LogP contribution in [0.5, 0.6) is 0 Å². The number of nitrogens with zero attached hydrogens (tertiary/aromatic N) is 2. The quantitative estimate of drug-likeness (QED) is 0.215. The number of ketones is 1. The van der Waals surface area contributed by atoms with Crippen LogP contribution in [0.25, 0.3) is 0 Å². The number of nitro benzene ring substituents is 1. The normalized spacial score (nSPS) is 27.5. The third-order valence-corrected chi connectivity index (χ3v) is 6.84. The fraction of sp³-hybridized carbons (Fsp3) is 0.545. The molecule has 0 unspecified atom stereocenters. The van der Waals surface area contributed by atoms with Crippen LogP contribution in [0.1, 0.15) is 43.5 Å². The number of hydrogen-bond donors (Lipinski definition) is 0. The lowest BCUT2D eigenvalue weighted by atomic mass is 9.81. The predicted molar refractivity (Wildman–Crippen MR) is 107 cm³/mol. The smallest absolute Gasteiger partial charge is 0.330 e. The van der Waals surface area contributed by atoms with Crippen LogP contribution in [0, 0.1) is 39.7 Å². The van der Waals surface area contributed by atoms with Crippen molar-refractivity contribution < 1.29 is 28.8 Å². The highest BCUT2D eigenvalue weighted by Crippen LogP contribution is 2.56. The van der Waals surface area contributed by atoms with E-state index in [1.165, 1.54) is 18.2 Å². The van der Waals surface area contributed by atoms with Crippen molar-refractivity contribution in [3.05, 3.63) is 39.9 Å². The number of carbonyl (C=O) groups is 4. The Morgan fingerprint density at radius 3 is 2.32 bits per heavy atom. The number of imide groups is 1. The second-order valence-corrected chi connectivity index (χ2v) is 8.96. The Morgan fingerprint density at radius 1 is 1.16 bits per heavy atom. The zero-order chi connectivity index (χ0) is 22.4. The van der Waals surface area contributed by atoms with Crippen molar-refractivity contribution in [3.63, 3.8) is 0 Å². The summed E-state index contributed by atoms with van der Waals surface area (Å²) in [4.78, 5) is 62.7. The van der Waals surface area contributed by atoms with Crippen molar-refractivity contribution in [2.24, 2.45) is 29.6 Å². The van der Waals surface area contributed by atoms with Gasteiger partial charge in [0.2, 0.25) is 17.6 Å². The lowest BCUT2D eigenvalue weighted by Crippen LogP contribution is -2.50. The lowest BCUT2D eigenvalue weighted by molar-refractivity contribution is -0.384. The molecule has 0 N–H and O–H groups in total.